The molecule has 0 bridgehead atoms. The predicted molar refractivity (Wildman–Crippen MR) is 111 cm³/mol. The molecule has 3 heterocycles. The van der Waals surface area contributed by atoms with Crippen molar-refractivity contribution in [1.29, 1.82) is 0 Å². The SMILES string of the molecule is CCOc1ccc2nc(Nc3ncnc4c3cnn4-c3ccccc3)sc2c1. The maximum atomic E-state index is 5.57. The Kier molecular flexibility index (Phi) is 4.10. The number of fused-ring (bicyclic) bond motifs is 2. The van der Waals surface area contributed by atoms with Gasteiger partial charge in [0.2, 0.25) is 0 Å². The number of para-hydroxylation sites is 1. The lowest BCUT2D eigenvalue weighted by atomic mass is 10.3. The summed E-state index contributed by atoms with van der Waals surface area (Å²) in [4.78, 5) is 13.4. The second kappa shape index (κ2) is 6.90. The summed E-state index contributed by atoms with van der Waals surface area (Å²) >= 11 is 1.55. The van der Waals surface area contributed by atoms with E-state index in [-0.39, 0.29) is 0 Å². The minimum Gasteiger partial charge on any atom is -0.494 e. The van der Waals surface area contributed by atoms with Gasteiger partial charge in [0.25, 0.3) is 0 Å². The quantitative estimate of drug-likeness (QED) is 0.475. The number of benzene rings is 2. The Morgan fingerprint density at radius 1 is 1.11 bits per heavy atom. The normalized spacial score (nSPS) is 11.2. The first-order valence-corrected chi connectivity index (χ1v) is 9.68. The Hall–Kier alpha value is -3.52. The molecule has 0 atom stereocenters. The van der Waals surface area contributed by atoms with E-state index in [1.54, 1.807) is 22.2 Å². The van der Waals surface area contributed by atoms with Gasteiger partial charge in [0.05, 0.1) is 34.1 Å². The van der Waals surface area contributed by atoms with Crippen molar-refractivity contribution >= 4 is 43.5 Å². The Morgan fingerprint density at radius 3 is 2.86 bits per heavy atom. The molecule has 0 fully saturated rings. The maximum Gasteiger partial charge on any atom is 0.189 e. The van der Waals surface area contributed by atoms with Gasteiger partial charge in [-0.05, 0) is 37.3 Å². The van der Waals surface area contributed by atoms with E-state index in [1.807, 2.05) is 55.5 Å². The van der Waals surface area contributed by atoms with Gasteiger partial charge in [0, 0.05) is 0 Å². The van der Waals surface area contributed by atoms with Gasteiger partial charge < -0.3 is 10.1 Å². The molecule has 5 rings (SSSR count). The summed E-state index contributed by atoms with van der Waals surface area (Å²) in [5, 5.41) is 9.39. The third-order valence-electron chi connectivity index (χ3n) is 4.26. The van der Waals surface area contributed by atoms with E-state index in [2.05, 4.69) is 25.4 Å². The molecule has 0 amide bonds. The second-order valence-electron chi connectivity index (χ2n) is 6.06. The molecule has 0 unspecified atom stereocenters. The minimum absolute atomic E-state index is 0.639. The van der Waals surface area contributed by atoms with Crippen molar-refractivity contribution in [3.8, 4) is 11.4 Å². The molecule has 2 aromatic carbocycles. The number of ether oxygens (including phenoxy) is 1. The van der Waals surface area contributed by atoms with Crippen LogP contribution >= 0.6 is 11.3 Å². The van der Waals surface area contributed by atoms with E-state index in [9.17, 15) is 0 Å². The van der Waals surface area contributed by atoms with E-state index in [4.69, 9.17) is 4.74 Å². The average Bonchev–Trinajstić information content (AvgIpc) is 3.33. The Morgan fingerprint density at radius 2 is 2.00 bits per heavy atom. The first-order valence-electron chi connectivity index (χ1n) is 8.86. The summed E-state index contributed by atoms with van der Waals surface area (Å²) in [6, 6.07) is 15.8. The smallest absolute Gasteiger partial charge is 0.189 e. The van der Waals surface area contributed by atoms with Crippen molar-refractivity contribution in [3.05, 3.63) is 61.1 Å². The van der Waals surface area contributed by atoms with Crippen LogP contribution in [0.25, 0.3) is 26.9 Å². The van der Waals surface area contributed by atoms with Crippen LogP contribution in [0.5, 0.6) is 5.75 Å². The number of aromatic nitrogens is 5. The van der Waals surface area contributed by atoms with E-state index >= 15 is 0 Å². The number of nitrogens with one attached hydrogen (secondary N) is 1. The average molecular weight is 388 g/mol. The van der Waals surface area contributed by atoms with Gasteiger partial charge in [-0.2, -0.15) is 5.10 Å². The monoisotopic (exact) mass is 388 g/mol. The predicted octanol–water partition coefficient (Wildman–Crippen LogP) is 4.57. The third-order valence-corrected chi connectivity index (χ3v) is 5.20. The molecular weight excluding hydrogens is 372 g/mol. The zero-order valence-electron chi connectivity index (χ0n) is 15.0. The molecular formula is C20H16N6OS. The third kappa shape index (κ3) is 2.93. The molecule has 0 radical (unpaired) electrons. The fourth-order valence-electron chi connectivity index (χ4n) is 3.02. The lowest BCUT2D eigenvalue weighted by Crippen LogP contribution is -1.99. The highest BCUT2D eigenvalue weighted by Crippen LogP contribution is 2.32. The van der Waals surface area contributed by atoms with Crippen LogP contribution in [-0.4, -0.2) is 31.3 Å². The molecule has 7 nitrogen and oxygen atoms in total. The standard InChI is InChI=1S/C20H16N6OS/c1-2-27-14-8-9-16-17(10-14)28-20(24-16)25-18-15-11-23-26(19(15)22-12-21-18)13-6-4-3-5-7-13/h3-12H,2H2,1H3,(H,21,22,24,25). The summed E-state index contributed by atoms with van der Waals surface area (Å²) in [6.07, 6.45) is 3.30. The molecule has 5 aromatic rings. The first-order chi connectivity index (χ1) is 13.8. The lowest BCUT2D eigenvalue weighted by molar-refractivity contribution is 0.341. The van der Waals surface area contributed by atoms with Crippen LogP contribution in [0.3, 0.4) is 0 Å². The molecule has 0 aliphatic rings. The lowest BCUT2D eigenvalue weighted by Gasteiger charge is -2.04. The Bertz CT molecular complexity index is 1260. The fraction of sp³-hybridized carbons (Fsp3) is 0.100. The highest BCUT2D eigenvalue weighted by atomic mass is 32.1. The largest absolute Gasteiger partial charge is 0.494 e. The molecule has 0 spiro atoms. The molecule has 0 saturated heterocycles. The van der Waals surface area contributed by atoms with Crippen molar-refractivity contribution in [2.75, 3.05) is 11.9 Å². The van der Waals surface area contributed by atoms with E-state index < -0.39 is 0 Å². The fourth-order valence-corrected chi connectivity index (χ4v) is 3.91. The van der Waals surface area contributed by atoms with Crippen molar-refractivity contribution in [3.63, 3.8) is 0 Å². The van der Waals surface area contributed by atoms with Crippen LogP contribution in [0.2, 0.25) is 0 Å². The van der Waals surface area contributed by atoms with Crippen molar-refractivity contribution in [2.24, 2.45) is 0 Å². The molecule has 8 heteroatoms. The molecule has 3 aromatic heterocycles. The highest BCUT2D eigenvalue weighted by Gasteiger charge is 2.13. The molecule has 0 aliphatic heterocycles. The van der Waals surface area contributed by atoms with Crippen LogP contribution in [0, 0.1) is 0 Å². The van der Waals surface area contributed by atoms with Gasteiger partial charge >= 0.3 is 0 Å². The number of nitrogens with zero attached hydrogens (tertiary/aromatic N) is 5. The summed E-state index contributed by atoms with van der Waals surface area (Å²) in [5.41, 5.74) is 2.61. The van der Waals surface area contributed by atoms with Crippen molar-refractivity contribution in [2.45, 2.75) is 6.92 Å². The molecule has 138 valence electrons. The van der Waals surface area contributed by atoms with E-state index in [0.29, 0.717) is 12.4 Å². The van der Waals surface area contributed by atoms with Crippen LogP contribution in [-0.2, 0) is 0 Å². The summed E-state index contributed by atoms with van der Waals surface area (Å²) < 4.78 is 8.43. The topological polar surface area (TPSA) is 77.8 Å². The number of rotatable bonds is 5. The van der Waals surface area contributed by atoms with Gasteiger partial charge in [0.15, 0.2) is 10.8 Å². The van der Waals surface area contributed by atoms with E-state index in [0.717, 1.165) is 37.8 Å². The van der Waals surface area contributed by atoms with Crippen LogP contribution < -0.4 is 10.1 Å². The van der Waals surface area contributed by atoms with Gasteiger partial charge in [-0.3, -0.25) is 0 Å². The summed E-state index contributed by atoms with van der Waals surface area (Å²) in [6.45, 7) is 2.61. The van der Waals surface area contributed by atoms with Crippen LogP contribution in [0.4, 0.5) is 10.9 Å². The minimum atomic E-state index is 0.639. The number of hydrogen-bond acceptors (Lipinski definition) is 7. The van der Waals surface area contributed by atoms with Crippen molar-refractivity contribution < 1.29 is 4.74 Å². The molecule has 0 aliphatic carbocycles. The zero-order chi connectivity index (χ0) is 18.9. The van der Waals surface area contributed by atoms with Crippen molar-refractivity contribution in [1.82, 2.24) is 24.7 Å². The molecule has 1 N–H and O–H groups in total. The summed E-state index contributed by atoms with van der Waals surface area (Å²) in [5.74, 6) is 1.52. The van der Waals surface area contributed by atoms with Crippen LogP contribution in [0.15, 0.2) is 61.1 Å². The number of hydrogen-bond donors (Lipinski definition) is 1. The van der Waals surface area contributed by atoms with Gasteiger partial charge in [0.1, 0.15) is 17.9 Å². The summed E-state index contributed by atoms with van der Waals surface area (Å²) in [7, 11) is 0. The maximum absolute atomic E-state index is 5.57. The highest BCUT2D eigenvalue weighted by molar-refractivity contribution is 7.22. The number of thiazole rings is 1. The Labute approximate surface area is 164 Å². The number of anilines is 2. The van der Waals surface area contributed by atoms with Crippen LogP contribution in [0.1, 0.15) is 6.92 Å². The molecule has 0 saturated carbocycles. The first kappa shape index (κ1) is 16.6. The molecule has 28 heavy (non-hydrogen) atoms. The zero-order valence-corrected chi connectivity index (χ0v) is 15.8. The van der Waals surface area contributed by atoms with Gasteiger partial charge in [-0.15, -0.1) is 0 Å². The van der Waals surface area contributed by atoms with E-state index in [1.165, 1.54) is 6.33 Å². The van der Waals surface area contributed by atoms with Gasteiger partial charge in [-0.25, -0.2) is 19.6 Å². The van der Waals surface area contributed by atoms with Gasteiger partial charge in [-0.1, -0.05) is 29.5 Å². The Balaban J connectivity index is 1.52. The second-order valence-corrected chi connectivity index (χ2v) is 7.09.